The van der Waals surface area contributed by atoms with Crippen molar-refractivity contribution in [3.63, 3.8) is 0 Å². The third-order valence-electron chi connectivity index (χ3n) is 7.80. The van der Waals surface area contributed by atoms with Crippen LogP contribution in [0.25, 0.3) is 0 Å². The lowest BCUT2D eigenvalue weighted by Gasteiger charge is -2.48. The second kappa shape index (κ2) is 11.0. The number of likely N-dealkylation sites (tertiary alicyclic amines) is 2. The van der Waals surface area contributed by atoms with Crippen molar-refractivity contribution >= 4 is 29.1 Å². The summed E-state index contributed by atoms with van der Waals surface area (Å²) in [6, 6.07) is 15.4. The van der Waals surface area contributed by atoms with E-state index in [1.807, 2.05) is 30.3 Å². The number of ether oxygens (including phenoxy) is 1. The van der Waals surface area contributed by atoms with Gasteiger partial charge in [0.2, 0.25) is 0 Å². The summed E-state index contributed by atoms with van der Waals surface area (Å²) in [6.07, 6.45) is 1.79. The van der Waals surface area contributed by atoms with Crippen LogP contribution in [-0.4, -0.2) is 96.2 Å². The van der Waals surface area contributed by atoms with Gasteiger partial charge in [0, 0.05) is 51.0 Å². The molecule has 0 saturated carbocycles. The van der Waals surface area contributed by atoms with Gasteiger partial charge in [-0.05, 0) is 43.5 Å². The van der Waals surface area contributed by atoms with Crippen molar-refractivity contribution in [2.24, 2.45) is 0 Å². The number of piperidine rings is 1. The molecule has 2 aromatic rings. The van der Waals surface area contributed by atoms with E-state index in [1.165, 1.54) is 0 Å². The van der Waals surface area contributed by atoms with Crippen molar-refractivity contribution in [1.29, 1.82) is 0 Å². The van der Waals surface area contributed by atoms with Crippen LogP contribution in [0.3, 0.4) is 0 Å². The van der Waals surface area contributed by atoms with E-state index in [1.54, 1.807) is 34.9 Å². The van der Waals surface area contributed by atoms with Crippen molar-refractivity contribution in [3.05, 3.63) is 64.7 Å². The molecule has 0 unspecified atom stereocenters. The fourth-order valence-electron chi connectivity index (χ4n) is 5.48. The first-order valence-corrected chi connectivity index (χ1v) is 13.4. The summed E-state index contributed by atoms with van der Waals surface area (Å²) < 4.78 is 5.33. The van der Waals surface area contributed by atoms with Gasteiger partial charge < -0.3 is 25.0 Å². The number of benzene rings is 2. The smallest absolute Gasteiger partial charge is 0.258 e. The van der Waals surface area contributed by atoms with Gasteiger partial charge >= 0.3 is 0 Å². The summed E-state index contributed by atoms with van der Waals surface area (Å²) >= 11 is 6.47. The molecule has 198 valence electrons. The molecule has 37 heavy (non-hydrogen) atoms. The first kappa shape index (κ1) is 26.0. The number of carbonyl (C=O) groups is 2. The van der Waals surface area contributed by atoms with E-state index in [0.29, 0.717) is 67.6 Å². The Hall–Kier alpha value is -2.65. The van der Waals surface area contributed by atoms with Gasteiger partial charge in [0.05, 0.1) is 29.8 Å². The molecular formula is C28H35ClN4O4. The maximum absolute atomic E-state index is 13.0. The second-order valence-corrected chi connectivity index (χ2v) is 10.8. The van der Waals surface area contributed by atoms with E-state index in [0.717, 1.165) is 31.6 Å². The van der Waals surface area contributed by atoms with Crippen LogP contribution in [0.5, 0.6) is 0 Å². The van der Waals surface area contributed by atoms with Crippen LogP contribution < -0.4 is 5.32 Å². The summed E-state index contributed by atoms with van der Waals surface area (Å²) in [4.78, 5) is 31.8. The lowest BCUT2D eigenvalue weighted by Crippen LogP contribution is -2.61. The SMILES string of the molecule is C[C@](O)(C(=O)N1CCC(N2CC(Nc3ccc(C(=O)N4CCOCC4)c(Cl)c3)C2)CC1)c1ccccc1. The Balaban J connectivity index is 1.08. The number of hydrogen-bond donors (Lipinski definition) is 2. The lowest BCUT2D eigenvalue weighted by molar-refractivity contribution is -0.152. The standard InChI is InChI=1S/C28H35ClN4O4/c1-28(36,20-5-3-2-4-6-20)27(35)32-11-9-23(10-12-32)33-18-22(19-33)30-21-7-8-24(25(29)17-21)26(34)31-13-15-37-16-14-31/h2-8,17,22-23,30,36H,9-16,18-19H2,1H3/t28-/m1/s1. The monoisotopic (exact) mass is 526 g/mol. The quantitative estimate of drug-likeness (QED) is 0.602. The second-order valence-electron chi connectivity index (χ2n) is 10.4. The van der Waals surface area contributed by atoms with E-state index in [-0.39, 0.29) is 11.8 Å². The van der Waals surface area contributed by atoms with Crippen LogP contribution in [0.15, 0.2) is 48.5 Å². The Morgan fingerprint density at radius 1 is 1.00 bits per heavy atom. The molecule has 3 aliphatic rings. The first-order chi connectivity index (χ1) is 17.8. The minimum atomic E-state index is -1.51. The third kappa shape index (κ3) is 5.62. The number of halogens is 1. The molecule has 3 saturated heterocycles. The van der Waals surface area contributed by atoms with Crippen molar-refractivity contribution in [1.82, 2.24) is 14.7 Å². The van der Waals surface area contributed by atoms with E-state index in [4.69, 9.17) is 16.3 Å². The molecule has 2 amide bonds. The van der Waals surface area contributed by atoms with Crippen molar-refractivity contribution in [3.8, 4) is 0 Å². The van der Waals surface area contributed by atoms with E-state index >= 15 is 0 Å². The summed E-state index contributed by atoms with van der Waals surface area (Å²) in [6.45, 7) is 7.03. The molecule has 1 atom stereocenters. The predicted molar refractivity (Wildman–Crippen MR) is 143 cm³/mol. The highest BCUT2D eigenvalue weighted by Crippen LogP contribution is 2.29. The highest BCUT2D eigenvalue weighted by Gasteiger charge is 2.40. The minimum Gasteiger partial charge on any atom is -0.380 e. The fraction of sp³-hybridized carbons (Fsp3) is 0.500. The number of nitrogens with one attached hydrogen (secondary N) is 1. The van der Waals surface area contributed by atoms with Crippen LogP contribution in [0, 0.1) is 0 Å². The van der Waals surface area contributed by atoms with Crippen LogP contribution in [-0.2, 0) is 15.1 Å². The zero-order chi connectivity index (χ0) is 26.0. The van der Waals surface area contributed by atoms with Gasteiger partial charge in [-0.2, -0.15) is 0 Å². The molecule has 8 nitrogen and oxygen atoms in total. The molecule has 3 heterocycles. The van der Waals surface area contributed by atoms with Gasteiger partial charge in [-0.15, -0.1) is 0 Å². The van der Waals surface area contributed by atoms with Crippen LogP contribution in [0.1, 0.15) is 35.7 Å². The number of anilines is 1. The summed E-state index contributed by atoms with van der Waals surface area (Å²) in [5, 5.41) is 14.9. The van der Waals surface area contributed by atoms with Gasteiger partial charge in [0.15, 0.2) is 5.60 Å². The van der Waals surface area contributed by atoms with Gasteiger partial charge in [0.25, 0.3) is 11.8 Å². The Labute approximate surface area is 223 Å². The average Bonchev–Trinajstić information content (AvgIpc) is 2.91. The van der Waals surface area contributed by atoms with Crippen LogP contribution in [0.4, 0.5) is 5.69 Å². The number of carbonyl (C=O) groups excluding carboxylic acids is 2. The van der Waals surface area contributed by atoms with Crippen LogP contribution >= 0.6 is 11.6 Å². The lowest BCUT2D eigenvalue weighted by atomic mass is 9.92. The first-order valence-electron chi connectivity index (χ1n) is 13.1. The Morgan fingerprint density at radius 2 is 1.68 bits per heavy atom. The molecule has 3 aliphatic heterocycles. The molecule has 0 aromatic heterocycles. The topological polar surface area (TPSA) is 85.3 Å². The third-order valence-corrected chi connectivity index (χ3v) is 8.11. The van der Waals surface area contributed by atoms with Gasteiger partial charge in [-0.3, -0.25) is 14.5 Å². The van der Waals surface area contributed by atoms with E-state index < -0.39 is 5.60 Å². The zero-order valence-electron chi connectivity index (χ0n) is 21.2. The van der Waals surface area contributed by atoms with E-state index in [9.17, 15) is 14.7 Å². The number of amides is 2. The number of morpholine rings is 1. The van der Waals surface area contributed by atoms with Gasteiger partial charge in [-0.25, -0.2) is 0 Å². The van der Waals surface area contributed by atoms with Crippen molar-refractivity contribution < 1.29 is 19.4 Å². The Kier molecular flexibility index (Phi) is 7.72. The molecule has 5 rings (SSSR count). The molecule has 2 N–H and O–H groups in total. The molecule has 0 bridgehead atoms. The maximum Gasteiger partial charge on any atom is 0.258 e. The number of rotatable bonds is 6. The molecular weight excluding hydrogens is 492 g/mol. The summed E-state index contributed by atoms with van der Waals surface area (Å²) in [5.74, 6) is -0.280. The number of aliphatic hydroxyl groups is 1. The Morgan fingerprint density at radius 3 is 2.32 bits per heavy atom. The van der Waals surface area contributed by atoms with Gasteiger partial charge in [-0.1, -0.05) is 41.9 Å². The molecule has 9 heteroatoms. The highest BCUT2D eigenvalue weighted by molar-refractivity contribution is 6.34. The Bertz CT molecular complexity index is 1110. The molecule has 2 aromatic carbocycles. The molecule has 0 radical (unpaired) electrons. The van der Waals surface area contributed by atoms with Crippen molar-refractivity contribution in [2.45, 2.75) is 37.5 Å². The molecule has 0 spiro atoms. The summed E-state index contributed by atoms with van der Waals surface area (Å²) in [7, 11) is 0. The predicted octanol–water partition coefficient (Wildman–Crippen LogP) is 2.81. The highest BCUT2D eigenvalue weighted by atomic mass is 35.5. The van der Waals surface area contributed by atoms with Crippen molar-refractivity contribution in [2.75, 3.05) is 57.8 Å². The maximum atomic E-state index is 13.0. The molecule has 0 aliphatic carbocycles. The summed E-state index contributed by atoms with van der Waals surface area (Å²) in [5.41, 5.74) is 0.551. The number of hydrogen-bond acceptors (Lipinski definition) is 6. The minimum absolute atomic E-state index is 0.0511. The van der Waals surface area contributed by atoms with Crippen LogP contribution in [0.2, 0.25) is 5.02 Å². The number of nitrogens with zero attached hydrogens (tertiary/aromatic N) is 3. The zero-order valence-corrected chi connectivity index (χ0v) is 22.0. The van der Waals surface area contributed by atoms with E-state index in [2.05, 4.69) is 10.2 Å². The largest absolute Gasteiger partial charge is 0.380 e. The van der Waals surface area contributed by atoms with Gasteiger partial charge in [0.1, 0.15) is 0 Å². The normalized spacial score (nSPS) is 21.3. The fourth-order valence-corrected chi connectivity index (χ4v) is 5.74. The average molecular weight is 527 g/mol. The molecule has 3 fully saturated rings.